The maximum atomic E-state index is 9.27. The molecule has 0 saturated carbocycles. The molecular formula is C14H18N2O. The summed E-state index contributed by atoms with van der Waals surface area (Å²) in [4.78, 5) is 0. The van der Waals surface area contributed by atoms with Gasteiger partial charge in [-0.15, -0.1) is 0 Å². The monoisotopic (exact) mass is 230 g/mol. The number of piperidine rings is 1. The summed E-state index contributed by atoms with van der Waals surface area (Å²) in [6.45, 7) is 3.38. The molecule has 0 spiro atoms. The fraction of sp³-hybridized carbons (Fsp3) is 0.500. The molecule has 0 aromatic heterocycles. The predicted molar refractivity (Wildman–Crippen MR) is 66.9 cm³/mol. The quantitative estimate of drug-likeness (QED) is 0.867. The second-order valence-electron chi connectivity index (χ2n) is 4.68. The smallest absolute Gasteiger partial charge is 0.141 e. The van der Waals surface area contributed by atoms with Crippen LogP contribution in [0, 0.1) is 18.3 Å². The molecule has 0 aliphatic carbocycles. The van der Waals surface area contributed by atoms with Crippen molar-refractivity contribution in [3.8, 4) is 11.8 Å². The van der Waals surface area contributed by atoms with Crippen molar-refractivity contribution in [2.45, 2.75) is 31.7 Å². The maximum Gasteiger partial charge on any atom is 0.141 e. The minimum Gasteiger partial charge on any atom is -0.491 e. The van der Waals surface area contributed by atoms with Crippen molar-refractivity contribution >= 4 is 0 Å². The summed E-state index contributed by atoms with van der Waals surface area (Å²) in [7, 11) is 0. The lowest BCUT2D eigenvalue weighted by Gasteiger charge is -2.31. The number of nitrogens with one attached hydrogen (secondary N) is 1. The minimum atomic E-state index is -0.497. The molecule has 17 heavy (non-hydrogen) atoms. The summed E-state index contributed by atoms with van der Waals surface area (Å²) in [5, 5.41) is 12.5. The Balaban J connectivity index is 1.96. The van der Waals surface area contributed by atoms with E-state index in [-0.39, 0.29) is 0 Å². The van der Waals surface area contributed by atoms with Gasteiger partial charge in [0.1, 0.15) is 17.9 Å². The van der Waals surface area contributed by atoms with E-state index in [0.717, 1.165) is 31.6 Å². The lowest BCUT2D eigenvalue weighted by Crippen LogP contribution is -2.51. The summed E-state index contributed by atoms with van der Waals surface area (Å²) >= 11 is 0. The van der Waals surface area contributed by atoms with E-state index < -0.39 is 5.54 Å². The van der Waals surface area contributed by atoms with Gasteiger partial charge >= 0.3 is 0 Å². The maximum absolute atomic E-state index is 9.27. The zero-order chi connectivity index (χ0) is 12.1. The summed E-state index contributed by atoms with van der Waals surface area (Å²) < 4.78 is 5.71. The van der Waals surface area contributed by atoms with Crippen LogP contribution < -0.4 is 10.1 Å². The largest absolute Gasteiger partial charge is 0.491 e. The molecule has 3 heteroatoms. The van der Waals surface area contributed by atoms with Crippen molar-refractivity contribution in [3.05, 3.63) is 29.8 Å². The highest BCUT2D eigenvalue weighted by molar-refractivity contribution is 5.26. The number of hydrogen-bond acceptors (Lipinski definition) is 3. The lowest BCUT2D eigenvalue weighted by atomic mass is 9.91. The number of nitriles is 1. The highest BCUT2D eigenvalue weighted by Gasteiger charge is 2.32. The SMILES string of the molecule is Cc1ccc(OCC2(C#N)CCCCN2)cc1. The van der Waals surface area contributed by atoms with Crippen LogP contribution in [-0.4, -0.2) is 18.7 Å². The minimum absolute atomic E-state index is 0.423. The van der Waals surface area contributed by atoms with Crippen LogP contribution in [0.25, 0.3) is 0 Å². The number of aryl methyl sites for hydroxylation is 1. The van der Waals surface area contributed by atoms with Gasteiger partial charge in [-0.1, -0.05) is 17.7 Å². The number of benzene rings is 1. The second-order valence-corrected chi connectivity index (χ2v) is 4.68. The molecule has 1 atom stereocenters. The van der Waals surface area contributed by atoms with E-state index in [1.54, 1.807) is 0 Å². The first kappa shape index (κ1) is 11.9. The number of nitrogens with zero attached hydrogens (tertiary/aromatic N) is 1. The van der Waals surface area contributed by atoms with Crippen molar-refractivity contribution in [2.75, 3.05) is 13.2 Å². The van der Waals surface area contributed by atoms with Gasteiger partial charge in [-0.2, -0.15) is 5.26 Å². The zero-order valence-corrected chi connectivity index (χ0v) is 10.2. The second kappa shape index (κ2) is 5.20. The first-order valence-electron chi connectivity index (χ1n) is 6.10. The number of hydrogen-bond donors (Lipinski definition) is 1. The molecule has 1 aliphatic rings. The van der Waals surface area contributed by atoms with Crippen molar-refractivity contribution < 1.29 is 4.74 Å². The Morgan fingerprint density at radius 2 is 2.12 bits per heavy atom. The van der Waals surface area contributed by atoms with Gasteiger partial charge in [0.25, 0.3) is 0 Å². The Kier molecular flexibility index (Phi) is 3.65. The van der Waals surface area contributed by atoms with Crippen LogP contribution in [0.2, 0.25) is 0 Å². The van der Waals surface area contributed by atoms with Crippen LogP contribution in [-0.2, 0) is 0 Å². The molecule has 1 aromatic rings. The van der Waals surface area contributed by atoms with E-state index in [1.165, 1.54) is 5.56 Å². The standard InChI is InChI=1S/C14H18N2O/c1-12-4-6-13(7-5-12)17-11-14(10-15)8-2-3-9-16-14/h4-7,16H,2-3,8-9,11H2,1H3. The van der Waals surface area contributed by atoms with Gasteiger partial charge in [0, 0.05) is 0 Å². The molecule has 0 radical (unpaired) electrons. The van der Waals surface area contributed by atoms with Gasteiger partial charge in [0.05, 0.1) is 6.07 Å². The third kappa shape index (κ3) is 2.98. The van der Waals surface area contributed by atoms with Crippen molar-refractivity contribution in [2.24, 2.45) is 0 Å². The van der Waals surface area contributed by atoms with Crippen LogP contribution in [0.5, 0.6) is 5.75 Å². The van der Waals surface area contributed by atoms with Crippen LogP contribution >= 0.6 is 0 Å². The molecule has 90 valence electrons. The highest BCUT2D eigenvalue weighted by Crippen LogP contribution is 2.21. The van der Waals surface area contributed by atoms with Crippen molar-refractivity contribution in [1.29, 1.82) is 5.26 Å². The molecule has 0 amide bonds. The number of rotatable bonds is 3. The average molecular weight is 230 g/mol. The topological polar surface area (TPSA) is 45.0 Å². The van der Waals surface area contributed by atoms with E-state index >= 15 is 0 Å². The highest BCUT2D eigenvalue weighted by atomic mass is 16.5. The van der Waals surface area contributed by atoms with Gasteiger partial charge in [0.15, 0.2) is 0 Å². The average Bonchev–Trinajstić information content (AvgIpc) is 2.39. The molecular weight excluding hydrogens is 212 g/mol. The summed E-state index contributed by atoms with van der Waals surface area (Å²) in [6, 6.07) is 10.3. The van der Waals surface area contributed by atoms with Gasteiger partial charge < -0.3 is 4.74 Å². The van der Waals surface area contributed by atoms with Crippen molar-refractivity contribution in [1.82, 2.24) is 5.32 Å². The molecule has 1 fully saturated rings. The lowest BCUT2D eigenvalue weighted by molar-refractivity contribution is 0.192. The van der Waals surface area contributed by atoms with E-state index in [4.69, 9.17) is 4.74 Å². The molecule has 1 saturated heterocycles. The molecule has 0 bridgehead atoms. The summed E-state index contributed by atoms with van der Waals surface area (Å²) in [5.41, 5.74) is 0.714. The first-order chi connectivity index (χ1) is 8.24. The Morgan fingerprint density at radius 1 is 1.35 bits per heavy atom. The predicted octanol–water partition coefficient (Wildman–Crippen LogP) is 2.41. The van der Waals surface area contributed by atoms with Crippen LogP contribution in [0.4, 0.5) is 0 Å². The molecule has 2 rings (SSSR count). The van der Waals surface area contributed by atoms with Gasteiger partial charge in [0.2, 0.25) is 0 Å². The molecule has 1 unspecified atom stereocenters. The van der Waals surface area contributed by atoms with E-state index in [1.807, 2.05) is 31.2 Å². The van der Waals surface area contributed by atoms with Crippen molar-refractivity contribution in [3.63, 3.8) is 0 Å². The zero-order valence-electron chi connectivity index (χ0n) is 10.2. The molecule has 1 N–H and O–H groups in total. The van der Waals surface area contributed by atoms with E-state index in [0.29, 0.717) is 6.61 Å². The normalized spacial score (nSPS) is 24.0. The third-order valence-electron chi connectivity index (χ3n) is 3.21. The van der Waals surface area contributed by atoms with E-state index in [9.17, 15) is 5.26 Å². The summed E-state index contributed by atoms with van der Waals surface area (Å²) in [5.74, 6) is 0.831. The molecule has 1 heterocycles. The Labute approximate surface area is 102 Å². The molecule has 3 nitrogen and oxygen atoms in total. The van der Waals surface area contributed by atoms with E-state index in [2.05, 4.69) is 11.4 Å². The fourth-order valence-corrected chi connectivity index (χ4v) is 2.06. The molecule has 1 aliphatic heterocycles. The van der Waals surface area contributed by atoms with Crippen LogP contribution in [0.3, 0.4) is 0 Å². The fourth-order valence-electron chi connectivity index (χ4n) is 2.06. The third-order valence-corrected chi connectivity index (χ3v) is 3.21. The van der Waals surface area contributed by atoms with Crippen LogP contribution in [0.15, 0.2) is 24.3 Å². The molecule has 1 aromatic carbocycles. The van der Waals surface area contributed by atoms with Gasteiger partial charge in [-0.05, 0) is 44.9 Å². The first-order valence-corrected chi connectivity index (χ1v) is 6.10. The Morgan fingerprint density at radius 3 is 2.71 bits per heavy atom. The Bertz CT molecular complexity index is 399. The van der Waals surface area contributed by atoms with Gasteiger partial charge in [-0.25, -0.2) is 0 Å². The van der Waals surface area contributed by atoms with Crippen LogP contribution in [0.1, 0.15) is 24.8 Å². The van der Waals surface area contributed by atoms with Gasteiger partial charge in [-0.3, -0.25) is 5.32 Å². The Hall–Kier alpha value is -1.53. The number of ether oxygens (including phenoxy) is 1. The summed E-state index contributed by atoms with van der Waals surface area (Å²) in [6.07, 6.45) is 3.11.